The van der Waals surface area contributed by atoms with Gasteiger partial charge in [0.1, 0.15) is 0 Å². The average molecular weight is 298 g/mol. The molecule has 0 aliphatic rings. The predicted molar refractivity (Wildman–Crippen MR) is 73.1 cm³/mol. The Bertz CT molecular complexity index is 207. The number of hydrogen-bond donors (Lipinski definition) is 0. The third kappa shape index (κ3) is 18.2. The van der Waals surface area contributed by atoms with Crippen molar-refractivity contribution >= 4 is 49.7 Å². The molecule has 0 radical (unpaired) electrons. The quantitative estimate of drug-likeness (QED) is 0.619. The van der Waals surface area contributed by atoms with Gasteiger partial charge in [0.25, 0.3) is 0 Å². The minimum atomic E-state index is -0.927. The van der Waals surface area contributed by atoms with E-state index in [4.69, 9.17) is 0 Å². The van der Waals surface area contributed by atoms with Crippen LogP contribution in [-0.4, -0.2) is 49.7 Å². The van der Waals surface area contributed by atoms with Gasteiger partial charge in [-0.15, -0.1) is 0 Å². The summed E-state index contributed by atoms with van der Waals surface area (Å²) in [4.78, 5) is 20.2. The van der Waals surface area contributed by atoms with Crippen LogP contribution >= 0.6 is 0 Å². The Balaban J connectivity index is -0.000000256. The summed E-state index contributed by atoms with van der Waals surface area (Å²) in [6.07, 6.45) is 5.57. The van der Waals surface area contributed by atoms with Gasteiger partial charge >= 0.3 is 37.7 Å². The Morgan fingerprint density at radius 2 is 1.11 bits per heavy atom. The van der Waals surface area contributed by atoms with E-state index < -0.39 is 11.9 Å². The Hall–Kier alpha value is 0.200. The molecule has 0 aromatic carbocycles. The first-order valence-electron chi connectivity index (χ1n) is 6.78. The zero-order valence-electron chi connectivity index (χ0n) is 12.7. The van der Waals surface area contributed by atoms with Crippen molar-refractivity contribution < 1.29 is 19.8 Å². The summed E-state index contributed by atoms with van der Waals surface area (Å²) in [5.41, 5.74) is 0. The summed E-state index contributed by atoms with van der Waals surface area (Å²) in [5, 5.41) is 20.2. The third-order valence-electron chi connectivity index (χ3n) is 2.79. The van der Waals surface area contributed by atoms with Crippen LogP contribution in [0.2, 0.25) is 0 Å². The van der Waals surface area contributed by atoms with Gasteiger partial charge in [0.05, 0.1) is 0 Å². The Kier molecular flexibility index (Phi) is 20.7. The molecular formula is C14H26CaO4. The second-order valence-electron chi connectivity index (χ2n) is 4.72. The molecule has 0 bridgehead atoms. The monoisotopic (exact) mass is 298 g/mol. The fraction of sp³-hybridized carbons (Fsp3) is 0.857. The number of unbranched alkanes of at least 4 members (excludes halogenated alkanes) is 2. The van der Waals surface area contributed by atoms with Crippen LogP contribution < -0.4 is 10.2 Å². The summed E-state index contributed by atoms with van der Waals surface area (Å²) in [7, 11) is 0. The molecule has 0 aromatic rings. The first-order chi connectivity index (χ1) is 8.36. The van der Waals surface area contributed by atoms with Crippen molar-refractivity contribution in [3.8, 4) is 0 Å². The Morgan fingerprint density at radius 3 is 1.26 bits per heavy atom. The van der Waals surface area contributed by atoms with E-state index in [9.17, 15) is 19.8 Å². The predicted octanol–water partition coefficient (Wildman–Crippen LogP) is 0.744. The number of hydrogen-bond acceptors (Lipinski definition) is 4. The van der Waals surface area contributed by atoms with Crippen LogP contribution in [0.15, 0.2) is 0 Å². The second kappa shape index (κ2) is 16.3. The van der Waals surface area contributed by atoms with Gasteiger partial charge in [-0.05, 0) is 24.7 Å². The zero-order chi connectivity index (χ0) is 14.6. The summed E-state index contributed by atoms with van der Waals surface area (Å²) >= 11 is 0. The van der Waals surface area contributed by atoms with E-state index in [2.05, 4.69) is 0 Å². The van der Waals surface area contributed by atoms with E-state index >= 15 is 0 Å². The van der Waals surface area contributed by atoms with Crippen LogP contribution in [0.5, 0.6) is 0 Å². The molecule has 0 aromatic heterocycles. The van der Waals surface area contributed by atoms with E-state index in [-0.39, 0.29) is 49.6 Å². The van der Waals surface area contributed by atoms with Crippen molar-refractivity contribution in [2.45, 2.75) is 66.2 Å². The normalized spacial score (nSPS) is 12.4. The van der Waals surface area contributed by atoms with Crippen LogP contribution in [0.4, 0.5) is 0 Å². The SMILES string of the molecule is CCCCC(C)C(=O)[O-].CCCCC(C)C(=O)[O-].[Ca+2]. The Morgan fingerprint density at radius 1 is 0.842 bits per heavy atom. The van der Waals surface area contributed by atoms with Gasteiger partial charge in [0, 0.05) is 11.9 Å². The maximum Gasteiger partial charge on any atom is 2.00 e. The first-order valence-corrected chi connectivity index (χ1v) is 6.78. The molecule has 0 saturated carbocycles. The molecule has 0 spiro atoms. The molecule has 0 aliphatic heterocycles. The maximum absolute atomic E-state index is 10.1. The fourth-order valence-corrected chi connectivity index (χ4v) is 1.26. The van der Waals surface area contributed by atoms with Gasteiger partial charge in [-0.1, -0.05) is 53.4 Å². The second-order valence-corrected chi connectivity index (χ2v) is 4.72. The average Bonchev–Trinajstić information content (AvgIpc) is 2.33. The molecular weight excluding hydrogens is 272 g/mol. The number of carboxylic acid groups (broad SMARTS) is 2. The minimum absolute atomic E-state index is 0. The molecule has 19 heavy (non-hydrogen) atoms. The standard InChI is InChI=1S/2C7H14O2.Ca/c2*1-3-4-5-6(2)7(8)9;/h2*6H,3-5H2,1-2H3,(H,8,9);/q;;+2/p-2. The number of carbonyl (C=O) groups is 2. The van der Waals surface area contributed by atoms with Gasteiger partial charge in [0.15, 0.2) is 0 Å². The van der Waals surface area contributed by atoms with Crippen LogP contribution in [-0.2, 0) is 9.59 Å². The third-order valence-corrected chi connectivity index (χ3v) is 2.79. The van der Waals surface area contributed by atoms with Gasteiger partial charge in [0.2, 0.25) is 0 Å². The largest absolute Gasteiger partial charge is 2.00 e. The molecule has 0 saturated heterocycles. The number of carbonyl (C=O) groups excluding carboxylic acids is 2. The molecule has 0 rings (SSSR count). The molecule has 2 atom stereocenters. The van der Waals surface area contributed by atoms with E-state index in [1.54, 1.807) is 13.8 Å². The van der Waals surface area contributed by atoms with Crippen LogP contribution in [0.1, 0.15) is 66.2 Å². The first kappa shape index (κ1) is 24.2. The molecule has 0 amide bonds. The molecule has 0 heterocycles. The summed E-state index contributed by atoms with van der Waals surface area (Å²) in [5.74, 6) is -2.40. The number of carboxylic acids is 2. The topological polar surface area (TPSA) is 80.3 Å². The fourth-order valence-electron chi connectivity index (χ4n) is 1.26. The van der Waals surface area contributed by atoms with Gasteiger partial charge < -0.3 is 19.8 Å². The zero-order valence-corrected chi connectivity index (χ0v) is 14.9. The van der Waals surface area contributed by atoms with Crippen molar-refractivity contribution in [3.05, 3.63) is 0 Å². The minimum Gasteiger partial charge on any atom is -0.550 e. The molecule has 108 valence electrons. The van der Waals surface area contributed by atoms with Crippen LogP contribution in [0.25, 0.3) is 0 Å². The van der Waals surface area contributed by atoms with Crippen molar-refractivity contribution in [2.75, 3.05) is 0 Å². The number of aliphatic carboxylic acids is 2. The van der Waals surface area contributed by atoms with E-state index in [1.165, 1.54) is 0 Å². The molecule has 0 N–H and O–H groups in total. The smallest absolute Gasteiger partial charge is 0.550 e. The Labute approximate surface area is 147 Å². The molecule has 5 heteroatoms. The van der Waals surface area contributed by atoms with Crippen molar-refractivity contribution in [2.24, 2.45) is 11.8 Å². The van der Waals surface area contributed by atoms with E-state index in [0.29, 0.717) is 0 Å². The summed E-state index contributed by atoms with van der Waals surface area (Å²) in [6.45, 7) is 7.46. The summed E-state index contributed by atoms with van der Waals surface area (Å²) < 4.78 is 0. The summed E-state index contributed by atoms with van der Waals surface area (Å²) in [6, 6.07) is 0. The maximum atomic E-state index is 10.1. The van der Waals surface area contributed by atoms with Gasteiger partial charge in [-0.25, -0.2) is 0 Å². The van der Waals surface area contributed by atoms with Crippen molar-refractivity contribution in [1.29, 1.82) is 0 Å². The van der Waals surface area contributed by atoms with Gasteiger partial charge in [-0.3, -0.25) is 0 Å². The molecule has 4 nitrogen and oxygen atoms in total. The van der Waals surface area contributed by atoms with Crippen LogP contribution in [0.3, 0.4) is 0 Å². The molecule has 2 unspecified atom stereocenters. The molecule has 0 fully saturated rings. The van der Waals surface area contributed by atoms with Gasteiger partial charge in [-0.2, -0.15) is 0 Å². The van der Waals surface area contributed by atoms with Crippen LogP contribution in [0, 0.1) is 11.8 Å². The van der Waals surface area contributed by atoms with Crippen molar-refractivity contribution in [1.82, 2.24) is 0 Å². The number of rotatable bonds is 8. The van der Waals surface area contributed by atoms with Crippen molar-refractivity contribution in [3.63, 3.8) is 0 Å². The van der Waals surface area contributed by atoms with E-state index in [1.807, 2.05) is 13.8 Å². The molecule has 0 aliphatic carbocycles. The van der Waals surface area contributed by atoms with E-state index in [0.717, 1.165) is 38.5 Å².